The molecule has 1 aliphatic heterocycles. The molecule has 1 aromatic carbocycles. The molecule has 0 unspecified atom stereocenters. The maximum atomic E-state index is 12.0. The maximum absolute atomic E-state index is 12.0. The number of nitrogens with zero attached hydrogens (tertiary/aromatic N) is 2. The summed E-state index contributed by atoms with van der Waals surface area (Å²) in [6, 6.07) is 7.84. The molecular weight excluding hydrogens is 280 g/mol. The molecule has 116 valence electrons. The number of carbonyl (C=O) groups excluding carboxylic acids is 1. The Morgan fingerprint density at radius 3 is 2.59 bits per heavy atom. The molecule has 1 aliphatic rings. The van der Waals surface area contributed by atoms with Crippen molar-refractivity contribution in [2.75, 3.05) is 29.0 Å². The van der Waals surface area contributed by atoms with E-state index in [0.29, 0.717) is 0 Å². The van der Waals surface area contributed by atoms with Crippen LogP contribution in [0.2, 0.25) is 0 Å². The first-order valence-electron chi connectivity index (χ1n) is 7.49. The van der Waals surface area contributed by atoms with Crippen molar-refractivity contribution in [2.24, 2.45) is 5.92 Å². The summed E-state index contributed by atoms with van der Waals surface area (Å²) < 4.78 is 4.83. The zero-order valence-electron chi connectivity index (χ0n) is 12.6. The number of amides is 1. The van der Waals surface area contributed by atoms with Crippen LogP contribution in [0.5, 0.6) is 0 Å². The first-order chi connectivity index (χ1) is 10.6. The average molecular weight is 300 g/mol. The standard InChI is InChI=1S/C16H20N4O2/c1-11-6-8-20(9-7-11)13-4-2-12(3-5-13)18-15(21)14-10-22-16(17)19-14/h2-5,10-11H,6-9H2,1H3,(H2,17,19)(H,18,21). The van der Waals surface area contributed by atoms with E-state index in [0.717, 1.165) is 24.7 Å². The topological polar surface area (TPSA) is 84.4 Å². The van der Waals surface area contributed by atoms with E-state index in [-0.39, 0.29) is 17.6 Å². The largest absolute Gasteiger partial charge is 0.431 e. The molecule has 1 saturated heterocycles. The number of nitrogens with one attached hydrogen (secondary N) is 1. The fourth-order valence-corrected chi connectivity index (χ4v) is 2.61. The van der Waals surface area contributed by atoms with Gasteiger partial charge in [0.1, 0.15) is 6.26 Å². The zero-order chi connectivity index (χ0) is 15.5. The van der Waals surface area contributed by atoms with Gasteiger partial charge in [-0.15, -0.1) is 0 Å². The van der Waals surface area contributed by atoms with Crippen LogP contribution in [0.15, 0.2) is 34.9 Å². The molecule has 0 spiro atoms. The molecule has 2 heterocycles. The summed E-state index contributed by atoms with van der Waals surface area (Å²) in [5.41, 5.74) is 7.44. The molecule has 6 heteroatoms. The smallest absolute Gasteiger partial charge is 0.292 e. The van der Waals surface area contributed by atoms with Crippen LogP contribution in [-0.2, 0) is 0 Å². The number of piperidine rings is 1. The monoisotopic (exact) mass is 300 g/mol. The van der Waals surface area contributed by atoms with E-state index in [1.54, 1.807) is 0 Å². The Labute approximate surface area is 129 Å². The van der Waals surface area contributed by atoms with Crippen molar-refractivity contribution in [3.8, 4) is 0 Å². The van der Waals surface area contributed by atoms with Crippen molar-refractivity contribution < 1.29 is 9.21 Å². The van der Waals surface area contributed by atoms with Crippen LogP contribution in [0.3, 0.4) is 0 Å². The van der Waals surface area contributed by atoms with Crippen LogP contribution < -0.4 is 16.0 Å². The van der Waals surface area contributed by atoms with Gasteiger partial charge in [-0.2, -0.15) is 4.98 Å². The van der Waals surface area contributed by atoms with Crippen LogP contribution in [0, 0.1) is 5.92 Å². The summed E-state index contributed by atoms with van der Waals surface area (Å²) in [5.74, 6) is 0.477. The van der Waals surface area contributed by atoms with Crippen LogP contribution >= 0.6 is 0 Å². The molecule has 0 aliphatic carbocycles. The predicted octanol–water partition coefficient (Wildman–Crippen LogP) is 2.75. The van der Waals surface area contributed by atoms with Gasteiger partial charge in [0.05, 0.1) is 0 Å². The number of nitrogens with two attached hydrogens (primary N) is 1. The van der Waals surface area contributed by atoms with Gasteiger partial charge in [0, 0.05) is 24.5 Å². The summed E-state index contributed by atoms with van der Waals surface area (Å²) >= 11 is 0. The highest BCUT2D eigenvalue weighted by atomic mass is 16.4. The van der Waals surface area contributed by atoms with Gasteiger partial charge in [-0.25, -0.2) is 0 Å². The predicted molar refractivity (Wildman–Crippen MR) is 85.9 cm³/mol. The fourth-order valence-electron chi connectivity index (χ4n) is 2.61. The van der Waals surface area contributed by atoms with E-state index < -0.39 is 0 Å². The molecule has 0 radical (unpaired) electrons. The van der Waals surface area contributed by atoms with E-state index in [1.165, 1.54) is 24.8 Å². The summed E-state index contributed by atoms with van der Waals surface area (Å²) in [4.78, 5) is 18.1. The van der Waals surface area contributed by atoms with Gasteiger partial charge in [0.2, 0.25) is 0 Å². The molecule has 1 aromatic heterocycles. The minimum Gasteiger partial charge on any atom is -0.431 e. The highest BCUT2D eigenvalue weighted by molar-refractivity contribution is 6.02. The van der Waals surface area contributed by atoms with E-state index in [1.807, 2.05) is 24.3 Å². The first-order valence-corrected chi connectivity index (χ1v) is 7.49. The van der Waals surface area contributed by atoms with Crippen molar-refractivity contribution >= 4 is 23.3 Å². The van der Waals surface area contributed by atoms with Gasteiger partial charge in [0.15, 0.2) is 5.69 Å². The Morgan fingerprint density at radius 1 is 1.32 bits per heavy atom. The van der Waals surface area contributed by atoms with Gasteiger partial charge in [-0.1, -0.05) is 6.92 Å². The molecule has 0 saturated carbocycles. The second-order valence-electron chi connectivity index (χ2n) is 5.74. The molecule has 22 heavy (non-hydrogen) atoms. The lowest BCUT2D eigenvalue weighted by atomic mass is 9.99. The Hall–Kier alpha value is -2.50. The number of carbonyl (C=O) groups is 1. The van der Waals surface area contributed by atoms with Gasteiger partial charge in [-0.3, -0.25) is 4.79 Å². The summed E-state index contributed by atoms with van der Waals surface area (Å²) in [6.07, 6.45) is 3.70. The number of oxazole rings is 1. The van der Waals surface area contributed by atoms with Gasteiger partial charge in [-0.05, 0) is 43.0 Å². The minimum absolute atomic E-state index is 0.0141. The molecule has 3 N–H and O–H groups in total. The van der Waals surface area contributed by atoms with Gasteiger partial charge < -0.3 is 20.4 Å². The lowest BCUT2D eigenvalue weighted by Gasteiger charge is -2.32. The quantitative estimate of drug-likeness (QED) is 0.910. The van der Waals surface area contributed by atoms with Crippen LogP contribution in [0.4, 0.5) is 17.4 Å². The summed E-state index contributed by atoms with van der Waals surface area (Å²) in [7, 11) is 0. The molecular formula is C16H20N4O2. The number of benzene rings is 1. The van der Waals surface area contributed by atoms with Gasteiger partial charge >= 0.3 is 0 Å². The fraction of sp³-hybridized carbons (Fsp3) is 0.375. The van der Waals surface area contributed by atoms with Crippen molar-refractivity contribution in [2.45, 2.75) is 19.8 Å². The molecule has 0 atom stereocenters. The highest BCUT2D eigenvalue weighted by Crippen LogP contribution is 2.24. The lowest BCUT2D eigenvalue weighted by molar-refractivity contribution is 0.102. The number of hydrogen-bond donors (Lipinski definition) is 2. The third kappa shape index (κ3) is 3.21. The minimum atomic E-state index is -0.333. The second-order valence-corrected chi connectivity index (χ2v) is 5.74. The Bertz CT molecular complexity index is 642. The van der Waals surface area contributed by atoms with Crippen molar-refractivity contribution in [1.29, 1.82) is 0 Å². The van der Waals surface area contributed by atoms with E-state index in [2.05, 4.69) is 22.1 Å². The SMILES string of the molecule is CC1CCN(c2ccc(NC(=O)c3coc(N)n3)cc2)CC1. The third-order valence-corrected chi connectivity index (χ3v) is 4.03. The van der Waals surface area contributed by atoms with E-state index >= 15 is 0 Å². The van der Waals surface area contributed by atoms with Crippen LogP contribution in [-0.4, -0.2) is 24.0 Å². The number of nitrogen functional groups attached to an aromatic ring is 1. The summed E-state index contributed by atoms with van der Waals surface area (Å²) in [6.45, 7) is 4.48. The molecule has 1 fully saturated rings. The molecule has 6 nitrogen and oxygen atoms in total. The highest BCUT2D eigenvalue weighted by Gasteiger charge is 2.16. The normalized spacial score (nSPS) is 15.8. The van der Waals surface area contributed by atoms with Crippen molar-refractivity contribution in [1.82, 2.24) is 4.98 Å². The molecule has 2 aromatic rings. The van der Waals surface area contributed by atoms with Gasteiger partial charge in [0.25, 0.3) is 11.9 Å². The van der Waals surface area contributed by atoms with Crippen LogP contribution in [0.1, 0.15) is 30.3 Å². The molecule has 3 rings (SSSR count). The van der Waals surface area contributed by atoms with Crippen molar-refractivity contribution in [3.63, 3.8) is 0 Å². The molecule has 0 bridgehead atoms. The zero-order valence-corrected chi connectivity index (χ0v) is 12.6. The Morgan fingerprint density at radius 2 is 2.00 bits per heavy atom. The number of rotatable bonds is 3. The Balaban J connectivity index is 1.63. The van der Waals surface area contributed by atoms with E-state index in [9.17, 15) is 4.79 Å². The summed E-state index contributed by atoms with van der Waals surface area (Å²) in [5, 5.41) is 2.77. The van der Waals surface area contributed by atoms with Crippen molar-refractivity contribution in [3.05, 3.63) is 36.2 Å². The van der Waals surface area contributed by atoms with E-state index in [4.69, 9.17) is 10.2 Å². The lowest BCUT2D eigenvalue weighted by Crippen LogP contribution is -2.32. The molecule has 1 amide bonds. The number of aromatic nitrogens is 1. The number of anilines is 3. The third-order valence-electron chi connectivity index (χ3n) is 4.03. The number of hydrogen-bond acceptors (Lipinski definition) is 5. The Kier molecular flexibility index (Phi) is 4.00. The first kappa shape index (κ1) is 14.4. The maximum Gasteiger partial charge on any atom is 0.292 e. The van der Waals surface area contributed by atoms with Crippen LogP contribution in [0.25, 0.3) is 0 Å². The second kappa shape index (κ2) is 6.09. The average Bonchev–Trinajstić information content (AvgIpc) is 2.96.